The summed E-state index contributed by atoms with van der Waals surface area (Å²) in [6.07, 6.45) is 5.02. The lowest BCUT2D eigenvalue weighted by atomic mass is 10.1. The number of benzene rings is 1. The summed E-state index contributed by atoms with van der Waals surface area (Å²) in [6.45, 7) is 5.12. The van der Waals surface area contributed by atoms with Gasteiger partial charge in [-0.2, -0.15) is 10.1 Å². The maximum absolute atomic E-state index is 11.0. The SMILES string of the molecule is O=C(O)CN1CCCN(c2ccc(Nc3nc(N4CCCCC4)nc4c3C(O)NN=C4)cc2)CC1. The van der Waals surface area contributed by atoms with E-state index in [1.54, 1.807) is 6.21 Å². The van der Waals surface area contributed by atoms with Crippen molar-refractivity contribution in [2.75, 3.05) is 60.9 Å². The molecule has 2 fully saturated rings. The molecule has 1 atom stereocenters. The van der Waals surface area contributed by atoms with Crippen LogP contribution in [0.15, 0.2) is 29.4 Å². The normalized spacial score (nSPS) is 20.7. The standard InChI is InChI=1S/C24H32N8O3/c33-20(34)16-30-9-4-12-31(14-13-30)18-7-5-17(6-8-18)26-22-21-19(15-25-29-23(21)35)27-24(28-22)32-10-2-1-3-11-32/h5-8,15,23,29,35H,1-4,9-14,16H2,(H,33,34)(H,26,27,28). The highest BCUT2D eigenvalue weighted by atomic mass is 16.4. The van der Waals surface area contributed by atoms with Crippen LogP contribution in [0.1, 0.15) is 43.2 Å². The van der Waals surface area contributed by atoms with Crippen molar-refractivity contribution in [1.82, 2.24) is 20.3 Å². The van der Waals surface area contributed by atoms with Gasteiger partial charge in [-0.1, -0.05) is 0 Å². The van der Waals surface area contributed by atoms with Gasteiger partial charge in [-0.25, -0.2) is 4.98 Å². The van der Waals surface area contributed by atoms with E-state index in [2.05, 4.69) is 42.8 Å². The number of hydrogen-bond acceptors (Lipinski definition) is 10. The summed E-state index contributed by atoms with van der Waals surface area (Å²) >= 11 is 0. The first-order valence-corrected chi connectivity index (χ1v) is 12.3. The monoisotopic (exact) mass is 480 g/mol. The summed E-state index contributed by atoms with van der Waals surface area (Å²) in [5.41, 5.74) is 5.83. The number of carbonyl (C=O) groups is 1. The minimum absolute atomic E-state index is 0.0881. The van der Waals surface area contributed by atoms with Crippen molar-refractivity contribution in [3.05, 3.63) is 35.5 Å². The predicted molar refractivity (Wildman–Crippen MR) is 134 cm³/mol. The summed E-state index contributed by atoms with van der Waals surface area (Å²) < 4.78 is 0. The number of nitrogens with zero attached hydrogens (tertiary/aromatic N) is 6. The van der Waals surface area contributed by atoms with Gasteiger partial charge >= 0.3 is 5.97 Å². The Balaban J connectivity index is 1.33. The first-order chi connectivity index (χ1) is 17.1. The molecule has 0 aliphatic carbocycles. The zero-order valence-corrected chi connectivity index (χ0v) is 19.7. The van der Waals surface area contributed by atoms with Gasteiger partial charge in [0.1, 0.15) is 5.82 Å². The van der Waals surface area contributed by atoms with Gasteiger partial charge in [0, 0.05) is 50.6 Å². The summed E-state index contributed by atoms with van der Waals surface area (Å²) in [5.74, 6) is 0.433. The highest BCUT2D eigenvalue weighted by molar-refractivity contribution is 5.84. The Hall–Kier alpha value is -3.44. The Labute approximate surface area is 204 Å². The molecule has 0 saturated carbocycles. The van der Waals surface area contributed by atoms with Crippen LogP contribution in [-0.4, -0.2) is 83.1 Å². The smallest absolute Gasteiger partial charge is 0.317 e. The number of fused-ring (bicyclic) bond motifs is 1. The van der Waals surface area contributed by atoms with Crippen LogP contribution < -0.4 is 20.5 Å². The second kappa shape index (κ2) is 10.4. The van der Waals surface area contributed by atoms with Crippen molar-refractivity contribution >= 4 is 35.3 Å². The largest absolute Gasteiger partial charge is 0.480 e. The van der Waals surface area contributed by atoms with Gasteiger partial charge in [-0.3, -0.25) is 15.1 Å². The van der Waals surface area contributed by atoms with Crippen molar-refractivity contribution in [2.24, 2.45) is 5.10 Å². The molecular weight excluding hydrogens is 448 g/mol. The number of aliphatic hydroxyl groups is 1. The molecule has 35 heavy (non-hydrogen) atoms. The number of aliphatic carboxylic acids is 1. The number of rotatable bonds is 6. The molecular formula is C24H32N8O3. The molecule has 0 bridgehead atoms. The summed E-state index contributed by atoms with van der Waals surface area (Å²) in [6, 6.07) is 8.12. The highest BCUT2D eigenvalue weighted by Crippen LogP contribution is 2.31. The number of carboxylic acids is 1. The maximum atomic E-state index is 11.0. The molecule has 2 aromatic rings. The number of nitrogens with one attached hydrogen (secondary N) is 2. The zero-order valence-electron chi connectivity index (χ0n) is 19.7. The molecule has 11 nitrogen and oxygen atoms in total. The van der Waals surface area contributed by atoms with Gasteiger partial charge in [-0.15, -0.1) is 0 Å². The third-order valence-corrected chi connectivity index (χ3v) is 6.70. The summed E-state index contributed by atoms with van der Waals surface area (Å²) in [7, 11) is 0. The quantitative estimate of drug-likeness (QED) is 0.485. The van der Waals surface area contributed by atoms with Crippen LogP contribution in [0, 0.1) is 0 Å². The maximum Gasteiger partial charge on any atom is 0.317 e. The lowest BCUT2D eigenvalue weighted by Gasteiger charge is -2.29. The van der Waals surface area contributed by atoms with E-state index in [0.29, 0.717) is 23.0 Å². The summed E-state index contributed by atoms with van der Waals surface area (Å²) in [5, 5.41) is 27.0. The number of aliphatic hydroxyl groups excluding tert-OH is 1. The van der Waals surface area contributed by atoms with Crippen molar-refractivity contribution < 1.29 is 15.0 Å². The molecule has 0 radical (unpaired) electrons. The Morgan fingerprint density at radius 3 is 2.51 bits per heavy atom. The number of hydrogen-bond donors (Lipinski definition) is 4. The zero-order chi connectivity index (χ0) is 24.2. The Kier molecular flexibility index (Phi) is 6.96. The van der Waals surface area contributed by atoms with Crippen molar-refractivity contribution in [3.63, 3.8) is 0 Å². The molecule has 1 aromatic heterocycles. The van der Waals surface area contributed by atoms with Gasteiger partial charge in [0.2, 0.25) is 5.95 Å². The molecule has 4 N–H and O–H groups in total. The number of anilines is 4. The van der Waals surface area contributed by atoms with E-state index in [9.17, 15) is 9.90 Å². The van der Waals surface area contributed by atoms with Gasteiger partial charge in [0.05, 0.1) is 24.0 Å². The molecule has 3 aliphatic rings. The van der Waals surface area contributed by atoms with Gasteiger partial charge in [0.25, 0.3) is 0 Å². The molecule has 2 saturated heterocycles. The van der Waals surface area contributed by atoms with Crippen LogP contribution in [0.25, 0.3) is 0 Å². The minimum atomic E-state index is -0.988. The Bertz CT molecular complexity index is 1070. The fraction of sp³-hybridized carbons (Fsp3) is 0.500. The molecule has 0 spiro atoms. The van der Waals surface area contributed by atoms with Crippen molar-refractivity contribution in [2.45, 2.75) is 31.9 Å². The van der Waals surface area contributed by atoms with E-state index < -0.39 is 12.2 Å². The molecule has 5 rings (SSSR count). The number of hydrazone groups is 1. The predicted octanol–water partition coefficient (Wildman–Crippen LogP) is 1.74. The van der Waals surface area contributed by atoms with Gasteiger partial charge in [-0.05, 0) is 49.9 Å². The third-order valence-electron chi connectivity index (χ3n) is 6.70. The van der Waals surface area contributed by atoms with E-state index in [4.69, 9.17) is 10.1 Å². The van der Waals surface area contributed by atoms with Crippen LogP contribution in [-0.2, 0) is 4.79 Å². The number of carboxylic acid groups (broad SMARTS) is 1. The van der Waals surface area contributed by atoms with E-state index in [0.717, 1.165) is 69.9 Å². The van der Waals surface area contributed by atoms with Crippen molar-refractivity contribution in [3.8, 4) is 0 Å². The van der Waals surface area contributed by atoms with Crippen LogP contribution >= 0.6 is 0 Å². The van der Waals surface area contributed by atoms with Crippen molar-refractivity contribution in [1.29, 1.82) is 0 Å². The molecule has 4 heterocycles. The summed E-state index contributed by atoms with van der Waals surface area (Å²) in [4.78, 5) is 27.0. The third kappa shape index (κ3) is 5.46. The average molecular weight is 481 g/mol. The second-order valence-corrected chi connectivity index (χ2v) is 9.19. The van der Waals surface area contributed by atoms with Gasteiger partial charge in [0.15, 0.2) is 6.23 Å². The van der Waals surface area contributed by atoms with E-state index >= 15 is 0 Å². The first kappa shape index (κ1) is 23.3. The fourth-order valence-electron chi connectivity index (χ4n) is 4.88. The van der Waals surface area contributed by atoms with Crippen LogP contribution in [0.3, 0.4) is 0 Å². The Morgan fingerprint density at radius 2 is 1.74 bits per heavy atom. The fourth-order valence-corrected chi connectivity index (χ4v) is 4.88. The Morgan fingerprint density at radius 1 is 0.971 bits per heavy atom. The molecule has 0 amide bonds. The molecule has 1 unspecified atom stereocenters. The lowest BCUT2D eigenvalue weighted by Crippen LogP contribution is -2.34. The number of piperidine rings is 1. The van der Waals surface area contributed by atoms with Gasteiger partial charge < -0.3 is 25.3 Å². The topological polar surface area (TPSA) is 129 Å². The molecule has 186 valence electrons. The lowest BCUT2D eigenvalue weighted by molar-refractivity contribution is -0.138. The highest BCUT2D eigenvalue weighted by Gasteiger charge is 2.25. The van der Waals surface area contributed by atoms with E-state index in [-0.39, 0.29) is 6.54 Å². The van der Waals surface area contributed by atoms with E-state index in [1.807, 2.05) is 17.0 Å². The first-order valence-electron chi connectivity index (χ1n) is 12.3. The van der Waals surface area contributed by atoms with E-state index in [1.165, 1.54) is 6.42 Å². The molecule has 11 heteroatoms. The molecule has 3 aliphatic heterocycles. The number of aromatic nitrogens is 2. The second-order valence-electron chi connectivity index (χ2n) is 9.19. The van der Waals surface area contributed by atoms with Crippen LogP contribution in [0.4, 0.5) is 23.1 Å². The molecule has 1 aromatic carbocycles. The minimum Gasteiger partial charge on any atom is -0.480 e. The van der Waals surface area contributed by atoms with Crippen LogP contribution in [0.5, 0.6) is 0 Å². The van der Waals surface area contributed by atoms with Crippen LogP contribution in [0.2, 0.25) is 0 Å². The average Bonchev–Trinajstić information content (AvgIpc) is 3.10.